The molecule has 31 heavy (non-hydrogen) atoms. The lowest BCUT2D eigenvalue weighted by Crippen LogP contribution is -2.32. The molecule has 1 aliphatic rings. The summed E-state index contributed by atoms with van der Waals surface area (Å²) < 4.78 is 1.86. The predicted octanol–water partition coefficient (Wildman–Crippen LogP) is 4.73. The molecule has 6 nitrogen and oxygen atoms in total. The van der Waals surface area contributed by atoms with Crippen LogP contribution in [0.3, 0.4) is 0 Å². The summed E-state index contributed by atoms with van der Waals surface area (Å²) in [6.07, 6.45) is 5.80. The third-order valence-corrected chi connectivity index (χ3v) is 7.06. The third kappa shape index (κ3) is 4.93. The van der Waals surface area contributed by atoms with Crippen molar-refractivity contribution in [2.45, 2.75) is 45.4 Å². The van der Waals surface area contributed by atoms with Gasteiger partial charge in [0.15, 0.2) is 0 Å². The lowest BCUT2D eigenvalue weighted by atomic mass is 10.1. The lowest BCUT2D eigenvalue weighted by Gasteiger charge is -2.10. The van der Waals surface area contributed by atoms with Crippen LogP contribution in [0.15, 0.2) is 30.3 Å². The number of benzene rings is 1. The van der Waals surface area contributed by atoms with Crippen LogP contribution in [0.1, 0.15) is 54.4 Å². The van der Waals surface area contributed by atoms with Gasteiger partial charge in [-0.1, -0.05) is 37.4 Å². The van der Waals surface area contributed by atoms with Gasteiger partial charge in [0.1, 0.15) is 4.83 Å². The number of nitrogens with zero attached hydrogens (tertiary/aromatic N) is 2. The second-order valence-corrected chi connectivity index (χ2v) is 9.37. The molecule has 1 saturated carbocycles. The third-order valence-electron chi connectivity index (χ3n) is 5.71. The molecule has 0 radical (unpaired) electrons. The molecule has 2 N–H and O–H groups in total. The molecule has 0 bridgehead atoms. The molecule has 0 atom stereocenters. The molecule has 164 valence electrons. The summed E-state index contributed by atoms with van der Waals surface area (Å²) in [6.45, 7) is 3.17. The molecule has 0 saturated heterocycles. The van der Waals surface area contributed by atoms with E-state index in [0.29, 0.717) is 29.4 Å². The highest BCUT2D eigenvalue weighted by molar-refractivity contribution is 7.20. The Hall–Kier alpha value is -2.38. The van der Waals surface area contributed by atoms with Crippen molar-refractivity contribution in [2.24, 2.45) is 5.92 Å². The summed E-state index contributed by atoms with van der Waals surface area (Å²) in [4.78, 5) is 26.3. The lowest BCUT2D eigenvalue weighted by molar-refractivity contribution is -0.124. The SMILES string of the molecule is CCc1nn(-c2cccc(Cl)c2)c2sc(C(=O)NCCCNC(=O)C3CCCC3)cc12. The standard InChI is InChI=1S/C23H27ClN4O2S/c1-2-19-18-14-20(31-23(18)28(27-19)17-10-5-9-16(24)13-17)22(30)26-12-6-11-25-21(29)15-7-3-4-8-15/h5,9-10,13-15H,2-4,6-8,11-12H2,1H3,(H,25,29)(H,26,30). The largest absolute Gasteiger partial charge is 0.356 e. The van der Waals surface area contributed by atoms with E-state index >= 15 is 0 Å². The maximum absolute atomic E-state index is 12.7. The van der Waals surface area contributed by atoms with Gasteiger partial charge in [-0.2, -0.15) is 5.10 Å². The molecule has 8 heteroatoms. The Balaban J connectivity index is 1.37. The number of carbonyl (C=O) groups is 2. The van der Waals surface area contributed by atoms with Crippen LogP contribution >= 0.6 is 22.9 Å². The number of carbonyl (C=O) groups excluding carboxylic acids is 2. The molecule has 0 aliphatic heterocycles. The molecular formula is C23H27ClN4O2S. The second kappa shape index (κ2) is 9.83. The molecule has 0 unspecified atom stereocenters. The van der Waals surface area contributed by atoms with E-state index in [4.69, 9.17) is 16.7 Å². The Morgan fingerprint density at radius 1 is 1.19 bits per heavy atom. The van der Waals surface area contributed by atoms with Gasteiger partial charge in [0.25, 0.3) is 5.91 Å². The van der Waals surface area contributed by atoms with E-state index < -0.39 is 0 Å². The minimum absolute atomic E-state index is 0.0944. The highest BCUT2D eigenvalue weighted by Gasteiger charge is 2.22. The molecule has 0 spiro atoms. The Labute approximate surface area is 191 Å². The van der Waals surface area contributed by atoms with E-state index in [1.807, 2.05) is 35.0 Å². The second-order valence-electron chi connectivity index (χ2n) is 7.90. The number of hydrogen-bond acceptors (Lipinski definition) is 4. The van der Waals surface area contributed by atoms with Crippen molar-refractivity contribution in [1.29, 1.82) is 0 Å². The minimum Gasteiger partial charge on any atom is -0.356 e. The van der Waals surface area contributed by atoms with Crippen LogP contribution < -0.4 is 10.6 Å². The van der Waals surface area contributed by atoms with Crippen LogP contribution in [0.4, 0.5) is 0 Å². The number of aryl methyl sites for hydroxylation is 1. The minimum atomic E-state index is -0.0944. The van der Waals surface area contributed by atoms with Crippen LogP contribution in [-0.2, 0) is 11.2 Å². The summed E-state index contributed by atoms with van der Waals surface area (Å²) in [5.41, 5.74) is 1.84. The van der Waals surface area contributed by atoms with Crippen LogP contribution in [0, 0.1) is 5.92 Å². The Morgan fingerprint density at radius 3 is 2.71 bits per heavy atom. The number of rotatable bonds is 8. The first-order chi connectivity index (χ1) is 15.1. The fourth-order valence-electron chi connectivity index (χ4n) is 4.04. The van der Waals surface area contributed by atoms with E-state index in [9.17, 15) is 9.59 Å². The Bertz CT molecular complexity index is 1080. The van der Waals surface area contributed by atoms with E-state index in [1.165, 1.54) is 11.3 Å². The zero-order chi connectivity index (χ0) is 21.8. The van der Waals surface area contributed by atoms with Gasteiger partial charge in [-0.3, -0.25) is 9.59 Å². The van der Waals surface area contributed by atoms with Gasteiger partial charge in [-0.05, 0) is 49.9 Å². The van der Waals surface area contributed by atoms with Crippen LogP contribution in [-0.4, -0.2) is 34.7 Å². The van der Waals surface area contributed by atoms with Crippen molar-refractivity contribution in [3.8, 4) is 5.69 Å². The van der Waals surface area contributed by atoms with Crippen molar-refractivity contribution >= 4 is 45.0 Å². The number of aromatic nitrogens is 2. The van der Waals surface area contributed by atoms with E-state index in [-0.39, 0.29) is 17.7 Å². The van der Waals surface area contributed by atoms with Crippen molar-refractivity contribution in [3.63, 3.8) is 0 Å². The van der Waals surface area contributed by atoms with Crippen molar-refractivity contribution in [2.75, 3.05) is 13.1 Å². The topological polar surface area (TPSA) is 76.0 Å². The van der Waals surface area contributed by atoms with Gasteiger partial charge in [0.2, 0.25) is 5.91 Å². The van der Waals surface area contributed by atoms with Crippen molar-refractivity contribution < 1.29 is 9.59 Å². The number of halogens is 1. The van der Waals surface area contributed by atoms with E-state index in [1.54, 1.807) is 0 Å². The number of amides is 2. The molecule has 2 amide bonds. The van der Waals surface area contributed by atoms with Gasteiger partial charge in [0, 0.05) is 29.4 Å². The zero-order valence-electron chi connectivity index (χ0n) is 17.6. The first-order valence-electron chi connectivity index (χ1n) is 10.9. The molecule has 1 aliphatic carbocycles. The molecule has 1 fully saturated rings. The number of thiophene rings is 1. The summed E-state index contributed by atoms with van der Waals surface area (Å²) in [7, 11) is 0. The van der Waals surface area contributed by atoms with E-state index in [2.05, 4.69) is 17.6 Å². The number of fused-ring (bicyclic) bond motifs is 1. The van der Waals surface area contributed by atoms with Gasteiger partial charge < -0.3 is 10.6 Å². The van der Waals surface area contributed by atoms with E-state index in [0.717, 1.165) is 53.7 Å². The highest BCUT2D eigenvalue weighted by Crippen LogP contribution is 2.31. The van der Waals surface area contributed by atoms with Gasteiger partial charge in [-0.25, -0.2) is 4.68 Å². The molecule has 3 aromatic rings. The monoisotopic (exact) mass is 458 g/mol. The number of nitrogens with one attached hydrogen (secondary N) is 2. The first kappa shape index (κ1) is 21.8. The summed E-state index contributed by atoms with van der Waals surface area (Å²) in [6, 6.07) is 9.47. The van der Waals surface area contributed by atoms with Gasteiger partial charge in [0.05, 0.1) is 16.3 Å². The fraction of sp³-hybridized carbons (Fsp3) is 0.435. The Kier molecular flexibility index (Phi) is 6.92. The zero-order valence-corrected chi connectivity index (χ0v) is 19.2. The van der Waals surface area contributed by atoms with Crippen molar-refractivity contribution in [1.82, 2.24) is 20.4 Å². The molecule has 4 rings (SSSR count). The fourth-order valence-corrected chi connectivity index (χ4v) is 5.30. The van der Waals surface area contributed by atoms with Gasteiger partial charge >= 0.3 is 0 Å². The number of hydrogen-bond donors (Lipinski definition) is 2. The van der Waals surface area contributed by atoms with Crippen LogP contribution in [0.25, 0.3) is 15.9 Å². The average molecular weight is 459 g/mol. The average Bonchev–Trinajstić information content (AvgIpc) is 3.49. The summed E-state index contributed by atoms with van der Waals surface area (Å²) in [5, 5.41) is 12.3. The maximum atomic E-state index is 12.7. The molecule has 2 aromatic heterocycles. The van der Waals surface area contributed by atoms with Gasteiger partial charge in [-0.15, -0.1) is 11.3 Å². The Morgan fingerprint density at radius 2 is 1.97 bits per heavy atom. The predicted molar refractivity (Wildman–Crippen MR) is 125 cm³/mol. The summed E-state index contributed by atoms with van der Waals surface area (Å²) in [5.74, 6) is 0.244. The first-order valence-corrected chi connectivity index (χ1v) is 12.1. The quantitative estimate of drug-likeness (QED) is 0.479. The van der Waals surface area contributed by atoms with Crippen molar-refractivity contribution in [3.05, 3.63) is 45.9 Å². The highest BCUT2D eigenvalue weighted by atomic mass is 35.5. The molecular weight excluding hydrogens is 432 g/mol. The molecule has 1 aromatic carbocycles. The molecule has 2 heterocycles. The normalized spacial score (nSPS) is 14.3. The van der Waals surface area contributed by atoms with Crippen LogP contribution in [0.5, 0.6) is 0 Å². The van der Waals surface area contributed by atoms with Crippen LogP contribution in [0.2, 0.25) is 5.02 Å². The maximum Gasteiger partial charge on any atom is 0.261 e. The smallest absolute Gasteiger partial charge is 0.261 e. The summed E-state index contributed by atoms with van der Waals surface area (Å²) >= 11 is 7.58.